The van der Waals surface area contributed by atoms with E-state index in [-0.39, 0.29) is 5.56 Å². The van der Waals surface area contributed by atoms with Crippen LogP contribution in [0.4, 0.5) is 10.1 Å². The summed E-state index contributed by atoms with van der Waals surface area (Å²) in [6, 6.07) is 4.26. The Labute approximate surface area is 70.8 Å². The molecule has 0 aliphatic heterocycles. The molecule has 2 nitrogen and oxygen atoms in total. The number of rotatable bonds is 1. The molecule has 1 aromatic rings. The molecule has 3 N–H and O–H groups in total. The second-order valence-corrected chi connectivity index (χ2v) is 3.30. The highest BCUT2D eigenvalue weighted by molar-refractivity contribution is 5.41. The van der Waals surface area contributed by atoms with Gasteiger partial charge in [-0.15, -0.1) is 0 Å². The Hall–Kier alpha value is -1.09. The molecule has 0 unspecified atom stereocenters. The van der Waals surface area contributed by atoms with Crippen molar-refractivity contribution < 1.29 is 9.50 Å². The van der Waals surface area contributed by atoms with Crippen LogP contribution in [-0.4, -0.2) is 5.11 Å². The number of nitrogen functional groups attached to an aromatic ring is 1. The quantitative estimate of drug-likeness (QED) is 0.628. The number of nitrogens with two attached hydrogens (primary N) is 1. The van der Waals surface area contributed by atoms with Gasteiger partial charge >= 0.3 is 0 Å². The number of aliphatic hydroxyl groups is 1. The first-order valence-corrected chi connectivity index (χ1v) is 3.69. The molecule has 0 heterocycles. The fourth-order valence-electron chi connectivity index (χ4n) is 1.03. The number of hydrogen-bond acceptors (Lipinski definition) is 2. The van der Waals surface area contributed by atoms with Crippen LogP contribution < -0.4 is 5.73 Å². The molecular formula is C9H12FNO. The summed E-state index contributed by atoms with van der Waals surface area (Å²) in [5.41, 5.74) is 4.82. The zero-order chi connectivity index (χ0) is 9.35. The zero-order valence-electron chi connectivity index (χ0n) is 7.13. The monoisotopic (exact) mass is 169 g/mol. The largest absolute Gasteiger partial charge is 0.399 e. The molecule has 0 aromatic heterocycles. The van der Waals surface area contributed by atoms with Crippen LogP contribution in [0.1, 0.15) is 19.4 Å². The summed E-state index contributed by atoms with van der Waals surface area (Å²) in [6.07, 6.45) is 0. The van der Waals surface area contributed by atoms with Gasteiger partial charge in [-0.2, -0.15) is 0 Å². The van der Waals surface area contributed by atoms with Crippen LogP contribution >= 0.6 is 0 Å². The summed E-state index contributed by atoms with van der Waals surface area (Å²) < 4.78 is 13.1. The SMILES string of the molecule is CC(C)(O)c1ccc(N)cc1F. The average molecular weight is 169 g/mol. The van der Waals surface area contributed by atoms with Gasteiger partial charge in [0.15, 0.2) is 0 Å². The fraction of sp³-hybridized carbons (Fsp3) is 0.333. The molecule has 1 rings (SSSR count). The highest BCUT2D eigenvalue weighted by Crippen LogP contribution is 2.23. The molecule has 0 atom stereocenters. The van der Waals surface area contributed by atoms with E-state index < -0.39 is 11.4 Å². The summed E-state index contributed by atoms with van der Waals surface area (Å²) >= 11 is 0. The normalized spacial score (nSPS) is 11.7. The van der Waals surface area contributed by atoms with Gasteiger partial charge in [0.1, 0.15) is 5.82 Å². The van der Waals surface area contributed by atoms with Gasteiger partial charge in [-0.1, -0.05) is 6.07 Å². The molecule has 0 radical (unpaired) electrons. The van der Waals surface area contributed by atoms with Gasteiger partial charge in [0.25, 0.3) is 0 Å². The van der Waals surface area contributed by atoms with Crippen LogP contribution in [0.25, 0.3) is 0 Å². The highest BCUT2D eigenvalue weighted by atomic mass is 19.1. The molecule has 0 amide bonds. The van der Waals surface area contributed by atoms with Crippen LogP contribution in [0.3, 0.4) is 0 Å². The standard InChI is InChI=1S/C9H12FNO/c1-9(2,12)7-4-3-6(11)5-8(7)10/h3-5,12H,11H2,1-2H3. The maximum atomic E-state index is 13.1. The molecule has 66 valence electrons. The van der Waals surface area contributed by atoms with E-state index >= 15 is 0 Å². The van der Waals surface area contributed by atoms with Crippen molar-refractivity contribution in [3.8, 4) is 0 Å². The number of benzene rings is 1. The minimum atomic E-state index is -1.15. The lowest BCUT2D eigenvalue weighted by molar-refractivity contribution is 0.0746. The van der Waals surface area contributed by atoms with Crippen LogP contribution in [0.2, 0.25) is 0 Å². The van der Waals surface area contributed by atoms with Gasteiger partial charge < -0.3 is 10.8 Å². The van der Waals surface area contributed by atoms with Crippen LogP contribution in [-0.2, 0) is 5.60 Å². The van der Waals surface area contributed by atoms with Crippen molar-refractivity contribution in [1.29, 1.82) is 0 Å². The fourth-order valence-corrected chi connectivity index (χ4v) is 1.03. The average Bonchev–Trinajstić information content (AvgIpc) is 1.83. The summed E-state index contributed by atoms with van der Waals surface area (Å²) in [5.74, 6) is -0.470. The highest BCUT2D eigenvalue weighted by Gasteiger charge is 2.19. The van der Waals surface area contributed by atoms with Gasteiger partial charge in [0, 0.05) is 11.3 Å². The Morgan fingerprint density at radius 3 is 2.42 bits per heavy atom. The van der Waals surface area contributed by atoms with Crippen LogP contribution in [0, 0.1) is 5.82 Å². The van der Waals surface area contributed by atoms with E-state index in [0.717, 1.165) is 0 Å². The minimum absolute atomic E-state index is 0.261. The molecule has 0 spiro atoms. The van der Waals surface area contributed by atoms with Crippen molar-refractivity contribution in [1.82, 2.24) is 0 Å². The van der Waals surface area contributed by atoms with E-state index in [9.17, 15) is 9.50 Å². The van der Waals surface area contributed by atoms with Gasteiger partial charge in [-0.25, -0.2) is 4.39 Å². The Balaban J connectivity index is 3.19. The third-order valence-corrected chi connectivity index (χ3v) is 1.65. The lowest BCUT2D eigenvalue weighted by atomic mass is 9.98. The third-order valence-electron chi connectivity index (χ3n) is 1.65. The topological polar surface area (TPSA) is 46.2 Å². The van der Waals surface area contributed by atoms with E-state index in [1.165, 1.54) is 26.0 Å². The first-order valence-electron chi connectivity index (χ1n) is 3.69. The van der Waals surface area contributed by atoms with Crippen molar-refractivity contribution in [2.24, 2.45) is 0 Å². The zero-order valence-corrected chi connectivity index (χ0v) is 7.13. The molecule has 0 saturated carbocycles. The van der Waals surface area contributed by atoms with E-state index in [2.05, 4.69) is 0 Å². The molecule has 0 fully saturated rings. The predicted octanol–water partition coefficient (Wildman–Crippen LogP) is 1.64. The maximum Gasteiger partial charge on any atom is 0.131 e. The molecule has 0 aliphatic rings. The van der Waals surface area contributed by atoms with E-state index in [0.29, 0.717) is 5.69 Å². The van der Waals surface area contributed by atoms with Crippen molar-refractivity contribution in [3.05, 3.63) is 29.6 Å². The number of halogens is 1. The lowest BCUT2D eigenvalue weighted by Gasteiger charge is -2.18. The molecule has 1 aromatic carbocycles. The number of anilines is 1. The second kappa shape index (κ2) is 2.75. The Morgan fingerprint density at radius 1 is 1.42 bits per heavy atom. The van der Waals surface area contributed by atoms with Crippen molar-refractivity contribution in [3.63, 3.8) is 0 Å². The smallest absolute Gasteiger partial charge is 0.131 e. The summed E-state index contributed by atoms with van der Waals surface area (Å²) in [4.78, 5) is 0. The van der Waals surface area contributed by atoms with Crippen molar-refractivity contribution in [2.45, 2.75) is 19.4 Å². The molecule has 0 saturated heterocycles. The molecule has 12 heavy (non-hydrogen) atoms. The Bertz CT molecular complexity index is 291. The van der Waals surface area contributed by atoms with E-state index in [1.54, 1.807) is 6.07 Å². The lowest BCUT2D eigenvalue weighted by Crippen LogP contribution is -2.17. The first-order chi connectivity index (χ1) is 5.41. The van der Waals surface area contributed by atoms with Gasteiger partial charge in [-0.3, -0.25) is 0 Å². The third kappa shape index (κ3) is 1.74. The number of hydrogen-bond donors (Lipinski definition) is 2. The predicted molar refractivity (Wildman–Crippen MR) is 46.1 cm³/mol. The van der Waals surface area contributed by atoms with E-state index in [1.807, 2.05) is 0 Å². The molecular weight excluding hydrogens is 157 g/mol. The first kappa shape index (κ1) is 9.00. The van der Waals surface area contributed by atoms with Crippen LogP contribution in [0.5, 0.6) is 0 Å². The summed E-state index contributed by atoms with van der Waals surface area (Å²) in [5, 5.41) is 9.48. The summed E-state index contributed by atoms with van der Waals surface area (Å²) in [7, 11) is 0. The molecule has 0 aliphatic carbocycles. The Morgan fingerprint density at radius 2 is 2.00 bits per heavy atom. The van der Waals surface area contributed by atoms with Gasteiger partial charge in [0.2, 0.25) is 0 Å². The van der Waals surface area contributed by atoms with Crippen molar-refractivity contribution in [2.75, 3.05) is 5.73 Å². The maximum absolute atomic E-state index is 13.1. The Kier molecular flexibility index (Phi) is 2.06. The molecule has 0 bridgehead atoms. The summed E-state index contributed by atoms with van der Waals surface area (Å²) in [6.45, 7) is 3.06. The van der Waals surface area contributed by atoms with Crippen LogP contribution in [0.15, 0.2) is 18.2 Å². The minimum Gasteiger partial charge on any atom is -0.399 e. The van der Waals surface area contributed by atoms with E-state index in [4.69, 9.17) is 5.73 Å². The van der Waals surface area contributed by atoms with Gasteiger partial charge in [0.05, 0.1) is 5.60 Å². The molecule has 3 heteroatoms. The van der Waals surface area contributed by atoms with Crippen molar-refractivity contribution >= 4 is 5.69 Å². The second-order valence-electron chi connectivity index (χ2n) is 3.30. The van der Waals surface area contributed by atoms with Gasteiger partial charge in [-0.05, 0) is 26.0 Å².